The maximum atomic E-state index is 15.0. The molecule has 3 aromatic carbocycles. The molecule has 3 heterocycles. The lowest BCUT2D eigenvalue weighted by atomic mass is 9.56. The van der Waals surface area contributed by atoms with E-state index in [1.807, 2.05) is 69.3 Å². The molecule has 5 unspecified atom stereocenters. The molecule has 9 atom stereocenters. The third-order valence-electron chi connectivity index (χ3n) is 15.9. The summed E-state index contributed by atoms with van der Waals surface area (Å²) in [7, 11) is 0. The number of fused-ring (bicyclic) bond motifs is 6. The van der Waals surface area contributed by atoms with Gasteiger partial charge in [-0.25, -0.2) is 9.59 Å². The number of rotatable bonds is 11. The quantitative estimate of drug-likeness (QED) is 0.157. The molecule has 328 valence electrons. The molecule has 0 saturated carbocycles. The van der Waals surface area contributed by atoms with Crippen LogP contribution in [0, 0.1) is 12.8 Å². The number of carbonyl (C=O) groups is 6. The number of imide groups is 2. The molecule has 62 heavy (non-hydrogen) atoms. The van der Waals surface area contributed by atoms with Crippen LogP contribution in [0.25, 0.3) is 0 Å². The van der Waals surface area contributed by atoms with Gasteiger partial charge in [0.25, 0.3) is 11.8 Å². The molecule has 3 aromatic rings. The molecule has 7 aliphatic rings. The van der Waals surface area contributed by atoms with Gasteiger partial charge < -0.3 is 26.6 Å². The van der Waals surface area contributed by atoms with Crippen LogP contribution in [0.5, 0.6) is 0 Å². The van der Waals surface area contributed by atoms with Crippen molar-refractivity contribution in [2.75, 3.05) is 18.0 Å². The van der Waals surface area contributed by atoms with E-state index in [9.17, 15) is 39.0 Å². The summed E-state index contributed by atoms with van der Waals surface area (Å²) in [5.74, 6) is -2.81. The van der Waals surface area contributed by atoms with Crippen molar-refractivity contribution in [3.63, 3.8) is 0 Å². The third kappa shape index (κ3) is 5.83. The number of likely N-dealkylation sites (tertiary alicyclic amines) is 2. The van der Waals surface area contributed by atoms with Crippen LogP contribution in [-0.4, -0.2) is 92.6 Å². The first-order valence-corrected chi connectivity index (χ1v) is 21.6. The van der Waals surface area contributed by atoms with E-state index in [0.717, 1.165) is 11.3 Å². The number of carbonyl (C=O) groups excluding carboxylic acids is 4. The molecule has 3 saturated heterocycles. The van der Waals surface area contributed by atoms with Crippen LogP contribution < -0.4 is 27.0 Å². The molecule has 4 bridgehead atoms. The summed E-state index contributed by atoms with van der Waals surface area (Å²) in [5.41, 5.74) is 9.97. The van der Waals surface area contributed by atoms with E-state index in [-0.39, 0.29) is 36.9 Å². The fourth-order valence-corrected chi connectivity index (χ4v) is 13.4. The first-order chi connectivity index (χ1) is 29.3. The zero-order chi connectivity index (χ0) is 44.7. The van der Waals surface area contributed by atoms with Gasteiger partial charge in [0.2, 0.25) is 11.8 Å². The summed E-state index contributed by atoms with van der Waals surface area (Å²) in [6.45, 7) is 10.9. The van der Waals surface area contributed by atoms with Gasteiger partial charge in [0.05, 0.1) is 5.54 Å². The van der Waals surface area contributed by atoms with Crippen LogP contribution in [0.3, 0.4) is 0 Å². The minimum Gasteiger partial charge on any atom is -0.465 e. The monoisotopic (exact) mass is 847 g/mol. The molecule has 15 nitrogen and oxygen atoms in total. The zero-order valence-corrected chi connectivity index (χ0v) is 35.9. The van der Waals surface area contributed by atoms with Crippen LogP contribution in [0.2, 0.25) is 0 Å². The van der Waals surface area contributed by atoms with Gasteiger partial charge in [-0.15, -0.1) is 0 Å². The van der Waals surface area contributed by atoms with E-state index in [1.165, 1.54) is 0 Å². The Morgan fingerprint density at radius 1 is 0.645 bits per heavy atom. The van der Waals surface area contributed by atoms with E-state index < -0.39 is 63.3 Å². The molecule has 10 rings (SSSR count). The van der Waals surface area contributed by atoms with Crippen LogP contribution in [0.4, 0.5) is 15.3 Å². The van der Waals surface area contributed by atoms with Gasteiger partial charge in [0.1, 0.15) is 11.1 Å². The van der Waals surface area contributed by atoms with E-state index in [0.29, 0.717) is 67.4 Å². The predicted molar refractivity (Wildman–Crippen MR) is 230 cm³/mol. The van der Waals surface area contributed by atoms with E-state index in [4.69, 9.17) is 11.5 Å². The maximum Gasteiger partial charge on any atom is 0.411 e. The topological polar surface area (TPSA) is 229 Å². The minimum atomic E-state index is -1.64. The normalized spacial score (nSPS) is 33.7. The Balaban J connectivity index is 1.31. The molecule has 3 aliphatic heterocycles. The fraction of sp³-hybridized carbons (Fsp3) is 0.489. The number of nitrogens with two attached hydrogens (primary N) is 2. The maximum absolute atomic E-state index is 15.0. The van der Waals surface area contributed by atoms with Gasteiger partial charge >= 0.3 is 12.2 Å². The first-order valence-electron chi connectivity index (χ1n) is 21.6. The number of primary amides is 2. The third-order valence-corrected chi connectivity index (χ3v) is 15.9. The van der Waals surface area contributed by atoms with Crippen molar-refractivity contribution in [1.82, 2.24) is 20.4 Å². The fourth-order valence-electron chi connectivity index (χ4n) is 13.4. The second-order valence-electron chi connectivity index (χ2n) is 18.9. The predicted octanol–water partition coefficient (Wildman–Crippen LogP) is 4.57. The summed E-state index contributed by atoms with van der Waals surface area (Å²) < 4.78 is 0. The molecule has 0 spiro atoms. The lowest BCUT2D eigenvalue weighted by Crippen LogP contribution is -2.74. The lowest BCUT2D eigenvalue weighted by Gasteiger charge is -2.60. The summed E-state index contributed by atoms with van der Waals surface area (Å²) in [5, 5.41) is 24.6. The first kappa shape index (κ1) is 42.9. The van der Waals surface area contributed by atoms with Gasteiger partial charge in [-0.3, -0.25) is 39.6 Å². The molecule has 3 fully saturated rings. The van der Waals surface area contributed by atoms with Gasteiger partial charge in [0.15, 0.2) is 0 Å². The molecule has 0 aromatic heterocycles. The molecule has 8 N–H and O–H groups in total. The van der Waals surface area contributed by atoms with Crippen molar-refractivity contribution < 1.29 is 39.0 Å². The van der Waals surface area contributed by atoms with Crippen molar-refractivity contribution in [2.45, 2.75) is 125 Å². The molecular weight excluding hydrogens is 791 g/mol. The molecule has 6 amide bonds. The second-order valence-corrected chi connectivity index (χ2v) is 18.9. The highest BCUT2D eigenvalue weighted by molar-refractivity contribution is 6.01. The summed E-state index contributed by atoms with van der Waals surface area (Å²) >= 11 is 0. The number of nitrogens with zero attached hydrogens (tertiary/aromatic N) is 3. The molecule has 15 heteroatoms. The Morgan fingerprint density at radius 3 is 1.55 bits per heavy atom. The van der Waals surface area contributed by atoms with Gasteiger partial charge in [-0.05, 0) is 99.3 Å². The number of aryl methyl sites for hydroxylation is 1. The van der Waals surface area contributed by atoms with E-state index >= 15 is 0 Å². The van der Waals surface area contributed by atoms with Crippen molar-refractivity contribution >= 4 is 41.5 Å². The zero-order valence-electron chi connectivity index (χ0n) is 35.9. The molecule has 0 radical (unpaired) electrons. The van der Waals surface area contributed by atoms with Crippen molar-refractivity contribution in [3.05, 3.63) is 101 Å². The summed E-state index contributed by atoms with van der Waals surface area (Å²) in [6, 6.07) is 22.1. The van der Waals surface area contributed by atoms with Crippen molar-refractivity contribution in [2.24, 2.45) is 17.4 Å². The number of amides is 6. The summed E-state index contributed by atoms with van der Waals surface area (Å²) in [4.78, 5) is 87.4. The standard InChI is InChI=1S/C47H57N7O8/c1-27-10-20-33(21-11-27)54-35(34-8-6-22-52(34)46(39(57)50-41(59)60)31-16-12-29(13-17-31)43(46,3)25-37(48)55)24-28(2)45(54,5)36-9-7-23-53(36)47(40(58)51-42(61)62)32-18-14-30(15-19-32)44(47,4)26-38(49)56/h10-21,28,34-36H,6-9,22-26H2,1-5H3,(H2,48,55)(H2,49,56)(H,50,57)(H,51,58)(H,59,60)(H,61,62)/t28?,34?,35-,36?,43?,44?,45-,46-,47-/m1/s1. The van der Waals surface area contributed by atoms with E-state index in [2.05, 4.69) is 63.4 Å². The van der Waals surface area contributed by atoms with Gasteiger partial charge in [0, 0.05) is 47.5 Å². The second kappa shape index (κ2) is 14.9. The Kier molecular flexibility index (Phi) is 10.3. The van der Waals surface area contributed by atoms with Crippen LogP contribution in [0.1, 0.15) is 100 Å². The van der Waals surface area contributed by atoms with Crippen molar-refractivity contribution in [1.29, 1.82) is 0 Å². The Hall–Kier alpha value is -5.80. The highest BCUT2D eigenvalue weighted by atomic mass is 16.4. The molecule has 4 aliphatic carbocycles. The van der Waals surface area contributed by atoms with Crippen LogP contribution >= 0.6 is 0 Å². The average molecular weight is 848 g/mol. The SMILES string of the molecule is Cc1ccc(N2[C@@H](C3CCCN3[C@@]3(C(=O)NC(=O)O)c4ccc(cc4)C3(C)CC(N)=O)CC(C)[C@]2(C)C2CCCN2[C@@]2(C(=O)NC(=O)O)c3ccc(cc3)C2(C)CC(N)=O)cc1. The lowest BCUT2D eigenvalue weighted by molar-refractivity contribution is -0.145. The smallest absolute Gasteiger partial charge is 0.411 e. The largest absolute Gasteiger partial charge is 0.465 e. The highest BCUT2D eigenvalue weighted by Gasteiger charge is 2.70. The molecular formula is C47H57N7O8. The number of hydrogen-bond donors (Lipinski definition) is 6. The number of benzene rings is 3. The Labute approximate surface area is 361 Å². The van der Waals surface area contributed by atoms with Crippen molar-refractivity contribution in [3.8, 4) is 0 Å². The average Bonchev–Trinajstić information content (AvgIpc) is 3.94. The Bertz CT molecular complexity index is 2340. The Morgan fingerprint density at radius 2 is 1.08 bits per heavy atom. The minimum absolute atomic E-state index is 0.0706. The number of carboxylic acid groups (broad SMARTS) is 2. The number of anilines is 1. The number of nitrogens with one attached hydrogen (secondary N) is 2. The van der Waals surface area contributed by atoms with Gasteiger partial charge in [-0.1, -0.05) is 87.0 Å². The van der Waals surface area contributed by atoms with Gasteiger partial charge in [-0.2, -0.15) is 0 Å². The van der Waals surface area contributed by atoms with Crippen LogP contribution in [0.15, 0.2) is 72.8 Å². The van der Waals surface area contributed by atoms with Crippen LogP contribution in [-0.2, 0) is 41.1 Å². The highest BCUT2D eigenvalue weighted by Crippen LogP contribution is 2.60. The summed E-state index contributed by atoms with van der Waals surface area (Å²) in [6.07, 6.45) is -0.126. The number of hydrogen-bond acceptors (Lipinski definition) is 9. The van der Waals surface area contributed by atoms with E-state index in [1.54, 1.807) is 0 Å².